The highest BCUT2D eigenvalue weighted by atomic mass is 19.1. The van der Waals surface area contributed by atoms with E-state index in [2.05, 4.69) is 5.32 Å². The highest BCUT2D eigenvalue weighted by Crippen LogP contribution is 2.32. The van der Waals surface area contributed by atoms with Gasteiger partial charge in [-0.25, -0.2) is 4.39 Å². The first-order valence-electron chi connectivity index (χ1n) is 10.4. The van der Waals surface area contributed by atoms with Crippen molar-refractivity contribution in [3.8, 4) is 0 Å². The van der Waals surface area contributed by atoms with Crippen LogP contribution in [0.1, 0.15) is 35.7 Å². The van der Waals surface area contributed by atoms with E-state index in [0.717, 1.165) is 11.1 Å². The molecule has 2 aliphatic carbocycles. The standard InChI is InChI=1S/C25H26FN3O3/c1-15-12-20(26)10-11-21(15)22(24(28)31)13-16-2-8-19(9-3-16)25(32)29-14-17-4-6-18(7-5-17)23(27)30/h2,4-11,13,15-16H,3,12,14H2,1H3,(H2,27,30)(H2,28,31)(H,29,32)/b22-13+. The normalized spacial score (nSPS) is 20.7. The Morgan fingerprint density at radius 2 is 1.88 bits per heavy atom. The van der Waals surface area contributed by atoms with Crippen LogP contribution < -0.4 is 16.8 Å². The van der Waals surface area contributed by atoms with Crippen LogP contribution in [0.5, 0.6) is 0 Å². The van der Waals surface area contributed by atoms with E-state index in [0.29, 0.717) is 29.7 Å². The fourth-order valence-corrected chi connectivity index (χ4v) is 3.71. The van der Waals surface area contributed by atoms with Crippen LogP contribution in [0.15, 0.2) is 83.3 Å². The Morgan fingerprint density at radius 3 is 2.44 bits per heavy atom. The summed E-state index contributed by atoms with van der Waals surface area (Å²) >= 11 is 0. The van der Waals surface area contributed by atoms with Crippen LogP contribution in [-0.2, 0) is 16.1 Å². The maximum absolute atomic E-state index is 13.5. The molecule has 1 aromatic rings. The molecule has 0 heterocycles. The predicted molar refractivity (Wildman–Crippen MR) is 120 cm³/mol. The number of hydrogen-bond donors (Lipinski definition) is 3. The van der Waals surface area contributed by atoms with Crippen molar-refractivity contribution in [3.05, 3.63) is 94.4 Å². The summed E-state index contributed by atoms with van der Waals surface area (Å²) in [5, 5.41) is 2.84. The van der Waals surface area contributed by atoms with Crippen molar-refractivity contribution in [1.29, 1.82) is 0 Å². The van der Waals surface area contributed by atoms with Crippen LogP contribution >= 0.6 is 0 Å². The van der Waals surface area contributed by atoms with Gasteiger partial charge < -0.3 is 16.8 Å². The molecule has 3 amide bonds. The van der Waals surface area contributed by atoms with Gasteiger partial charge in [-0.1, -0.05) is 49.4 Å². The minimum Gasteiger partial charge on any atom is -0.366 e. The van der Waals surface area contributed by atoms with Crippen LogP contribution in [0.25, 0.3) is 0 Å². The first kappa shape index (κ1) is 22.9. The lowest BCUT2D eigenvalue weighted by Crippen LogP contribution is -2.25. The van der Waals surface area contributed by atoms with Crippen molar-refractivity contribution < 1.29 is 18.8 Å². The van der Waals surface area contributed by atoms with E-state index in [1.807, 2.05) is 19.1 Å². The summed E-state index contributed by atoms with van der Waals surface area (Å²) in [6.45, 7) is 2.17. The Morgan fingerprint density at radius 1 is 1.16 bits per heavy atom. The van der Waals surface area contributed by atoms with Crippen molar-refractivity contribution >= 4 is 17.7 Å². The maximum atomic E-state index is 13.5. The van der Waals surface area contributed by atoms with Crippen LogP contribution in [0.3, 0.4) is 0 Å². The van der Waals surface area contributed by atoms with Crippen molar-refractivity contribution in [1.82, 2.24) is 5.32 Å². The number of nitrogens with one attached hydrogen (secondary N) is 1. The lowest BCUT2D eigenvalue weighted by molar-refractivity contribution is -0.117. The molecule has 0 aliphatic heterocycles. The third-order valence-corrected chi connectivity index (χ3v) is 5.52. The molecule has 5 N–H and O–H groups in total. The number of benzene rings is 1. The lowest BCUT2D eigenvalue weighted by atomic mass is 9.84. The Kier molecular flexibility index (Phi) is 7.20. The molecule has 2 unspecified atom stereocenters. The number of rotatable bonds is 7. The molecule has 3 rings (SSSR count). The molecule has 7 heteroatoms. The van der Waals surface area contributed by atoms with Gasteiger partial charge in [-0.05, 0) is 47.6 Å². The number of allylic oxidation sites excluding steroid dienone is 6. The summed E-state index contributed by atoms with van der Waals surface area (Å²) < 4.78 is 13.5. The quantitative estimate of drug-likeness (QED) is 0.572. The summed E-state index contributed by atoms with van der Waals surface area (Å²) in [6, 6.07) is 6.70. The number of amides is 3. The van der Waals surface area contributed by atoms with E-state index >= 15 is 0 Å². The van der Waals surface area contributed by atoms with Gasteiger partial charge in [0, 0.05) is 29.7 Å². The van der Waals surface area contributed by atoms with Gasteiger partial charge in [0.1, 0.15) is 5.83 Å². The number of carbonyl (C=O) groups is 3. The molecular weight excluding hydrogens is 409 g/mol. The van der Waals surface area contributed by atoms with Crippen molar-refractivity contribution in [2.75, 3.05) is 0 Å². The summed E-state index contributed by atoms with van der Waals surface area (Å²) in [7, 11) is 0. The average Bonchev–Trinajstić information content (AvgIpc) is 2.77. The minimum absolute atomic E-state index is 0.0979. The fourth-order valence-electron chi connectivity index (χ4n) is 3.71. The Bertz CT molecular complexity index is 1080. The summed E-state index contributed by atoms with van der Waals surface area (Å²) in [6.07, 6.45) is 10.9. The van der Waals surface area contributed by atoms with Crippen LogP contribution in [0.2, 0.25) is 0 Å². The molecule has 2 aliphatic rings. The van der Waals surface area contributed by atoms with Gasteiger partial charge in [0.15, 0.2) is 0 Å². The van der Waals surface area contributed by atoms with Crippen molar-refractivity contribution in [3.63, 3.8) is 0 Å². The first-order valence-corrected chi connectivity index (χ1v) is 10.4. The van der Waals surface area contributed by atoms with E-state index < -0.39 is 11.8 Å². The molecule has 0 spiro atoms. The number of primary amides is 2. The molecule has 0 bridgehead atoms. The number of hydrogen-bond acceptors (Lipinski definition) is 3. The maximum Gasteiger partial charge on any atom is 0.251 e. The minimum atomic E-state index is -0.554. The number of halogens is 1. The van der Waals surface area contributed by atoms with Gasteiger partial charge in [0.25, 0.3) is 5.91 Å². The van der Waals surface area contributed by atoms with E-state index in [9.17, 15) is 18.8 Å². The van der Waals surface area contributed by atoms with Gasteiger partial charge in [0.2, 0.25) is 11.8 Å². The first-order chi connectivity index (χ1) is 15.2. The fraction of sp³-hybridized carbons (Fsp3) is 0.240. The highest BCUT2D eigenvalue weighted by Gasteiger charge is 2.23. The third kappa shape index (κ3) is 5.69. The average molecular weight is 435 g/mol. The molecule has 2 atom stereocenters. The molecular formula is C25H26FN3O3. The second kappa shape index (κ2) is 10.0. The van der Waals surface area contributed by atoms with Gasteiger partial charge in [0.05, 0.1) is 0 Å². The molecule has 166 valence electrons. The van der Waals surface area contributed by atoms with E-state index in [1.165, 1.54) is 6.08 Å². The lowest BCUT2D eigenvalue weighted by Gasteiger charge is -2.21. The molecule has 6 nitrogen and oxygen atoms in total. The van der Waals surface area contributed by atoms with E-state index in [4.69, 9.17) is 11.5 Å². The number of nitrogens with two attached hydrogens (primary N) is 2. The van der Waals surface area contributed by atoms with Crippen LogP contribution in [0.4, 0.5) is 4.39 Å². The largest absolute Gasteiger partial charge is 0.366 e. The monoisotopic (exact) mass is 435 g/mol. The zero-order valence-corrected chi connectivity index (χ0v) is 17.8. The molecule has 0 fully saturated rings. The number of carbonyl (C=O) groups excluding carboxylic acids is 3. The van der Waals surface area contributed by atoms with E-state index in [1.54, 1.807) is 42.5 Å². The highest BCUT2D eigenvalue weighted by molar-refractivity contribution is 5.97. The third-order valence-electron chi connectivity index (χ3n) is 5.52. The second-order valence-corrected chi connectivity index (χ2v) is 7.95. The molecule has 0 aromatic heterocycles. The van der Waals surface area contributed by atoms with Gasteiger partial charge in [-0.15, -0.1) is 0 Å². The Labute approximate surface area is 186 Å². The van der Waals surface area contributed by atoms with E-state index in [-0.39, 0.29) is 30.0 Å². The topological polar surface area (TPSA) is 115 Å². The summed E-state index contributed by atoms with van der Waals surface area (Å²) in [4.78, 5) is 35.6. The molecule has 0 radical (unpaired) electrons. The molecule has 32 heavy (non-hydrogen) atoms. The van der Waals surface area contributed by atoms with Crippen molar-refractivity contribution in [2.24, 2.45) is 23.3 Å². The van der Waals surface area contributed by atoms with Gasteiger partial charge >= 0.3 is 0 Å². The van der Waals surface area contributed by atoms with Crippen molar-refractivity contribution in [2.45, 2.75) is 26.3 Å². The summed E-state index contributed by atoms with van der Waals surface area (Å²) in [5.41, 5.74) is 13.7. The molecule has 0 saturated heterocycles. The Hall–Kier alpha value is -3.74. The summed E-state index contributed by atoms with van der Waals surface area (Å²) in [5.74, 6) is -1.73. The SMILES string of the molecule is CC1CC(F)=CC=C1/C(=C\C1C=CC(C(=O)NCc2ccc(C(N)=O)cc2)=CC1)C(N)=O. The molecule has 0 saturated carbocycles. The van der Waals surface area contributed by atoms with Gasteiger partial charge in [-0.3, -0.25) is 14.4 Å². The predicted octanol–water partition coefficient (Wildman–Crippen LogP) is 3.14. The Balaban J connectivity index is 1.62. The zero-order valence-electron chi connectivity index (χ0n) is 17.8. The van der Waals surface area contributed by atoms with Crippen LogP contribution in [-0.4, -0.2) is 17.7 Å². The molecule has 1 aromatic carbocycles. The van der Waals surface area contributed by atoms with Crippen LogP contribution in [0, 0.1) is 11.8 Å². The smallest absolute Gasteiger partial charge is 0.251 e. The van der Waals surface area contributed by atoms with Gasteiger partial charge in [-0.2, -0.15) is 0 Å². The second-order valence-electron chi connectivity index (χ2n) is 7.95. The zero-order chi connectivity index (χ0) is 23.3.